The lowest BCUT2D eigenvalue weighted by atomic mass is 9.91. The van der Waals surface area contributed by atoms with Crippen LogP contribution < -0.4 is 0 Å². The predicted molar refractivity (Wildman–Crippen MR) is 360 cm³/mol. The van der Waals surface area contributed by atoms with E-state index in [1.165, 1.54) is 81.6 Å². The van der Waals surface area contributed by atoms with Crippen molar-refractivity contribution in [2.75, 3.05) is 25.4 Å². The summed E-state index contributed by atoms with van der Waals surface area (Å²) < 4.78 is 28.2. The summed E-state index contributed by atoms with van der Waals surface area (Å²) in [4.78, 5) is 46.6. The fraction of sp³-hybridized carbons (Fsp3) is 0.392. The molecule has 34 nitrogen and oxygen atoms in total. The molecule has 0 bridgehead atoms. The van der Waals surface area contributed by atoms with Crippen molar-refractivity contribution < 1.29 is 9.53 Å². The van der Waals surface area contributed by atoms with Crippen LogP contribution in [-0.2, 0) is 14.9 Å². The lowest BCUT2D eigenvalue weighted by molar-refractivity contribution is -0.142. The Kier molecular flexibility index (Phi) is 21.7. The predicted octanol–water partition coefficient (Wildman–Crippen LogP) is 14.5. The molecule has 12 aromatic heterocycles. The van der Waals surface area contributed by atoms with Gasteiger partial charge in [-0.1, -0.05) is 119 Å². The van der Waals surface area contributed by atoms with Crippen LogP contribution >= 0.6 is 93.2 Å². The van der Waals surface area contributed by atoms with Crippen LogP contribution in [0.2, 0.25) is 0 Å². The molecule has 0 aliphatic rings. The van der Waals surface area contributed by atoms with E-state index in [0.717, 1.165) is 45.7 Å². The standard InChI is InChI=1S/C16H16N8S2.C14H18N8O2S2.C12H16N8S2.C9H10N8S2/c1-9(2)13-17-14-12(19-20-15-18-16(25-3)23-26-15)11(21-24(14)22-13)10-7-5-4-6-8-10;1-5-9(12(23)24-6-2)25-14-16-13(26-21-14)18-17-10-7(3)19-22-11(10)15-8(4)20-22;1-6-13-9-7(8(12(2,3)4)18-20(9)17-6)15-16-10-14-11(21-5)19-22-10;1-4-6(7-10-5(2)15-17(7)14-4)12-13-8-11-9(18-3)16-19-8/h4-9,21H,1-3H3;9,19H,5-6H2,1-4H3;18H,1-5H3;14H,1-3H3. The van der Waals surface area contributed by atoms with Crippen molar-refractivity contribution in [3.8, 4) is 11.3 Å². The summed E-state index contributed by atoms with van der Waals surface area (Å²) in [6, 6.07) is 9.93. The lowest BCUT2D eigenvalue weighted by Gasteiger charge is -2.16. The monoisotopic (exact) mass is 1410 g/mol. The number of azo groups is 4. The molecule has 0 spiro atoms. The number of thioether (sulfide) groups is 4. The third-order valence-corrected chi connectivity index (χ3v) is 18.1. The normalized spacial score (nSPS) is 12.4. The number of aryl methyl sites for hydroxylation is 5. The highest BCUT2D eigenvalue weighted by Crippen LogP contribution is 2.38. The summed E-state index contributed by atoms with van der Waals surface area (Å²) in [6.07, 6.45) is 6.40. The molecular weight excluding hydrogens is 1350 g/mol. The molecule has 0 saturated carbocycles. The number of hydrogen-bond acceptors (Lipinski definition) is 34. The van der Waals surface area contributed by atoms with Crippen molar-refractivity contribution in [3.05, 3.63) is 70.7 Å². The van der Waals surface area contributed by atoms with E-state index < -0.39 is 0 Å². The van der Waals surface area contributed by atoms with Gasteiger partial charge >= 0.3 is 5.97 Å². The molecule has 12 heterocycles. The van der Waals surface area contributed by atoms with Crippen molar-refractivity contribution in [3.63, 3.8) is 0 Å². The van der Waals surface area contributed by atoms with Crippen LogP contribution in [0.15, 0.2) is 91.9 Å². The average Bonchev–Trinajstić information content (AvgIpc) is 1.65. The molecule has 4 N–H and O–H groups in total. The van der Waals surface area contributed by atoms with Crippen molar-refractivity contribution in [1.82, 2.24) is 117 Å². The Labute approximate surface area is 562 Å². The number of carbonyl (C=O) groups is 1. The molecule has 0 fully saturated rings. The SMILES string of the molecule is CCOC(=O)C(CC)Sc1nsc(N=Nc2c(C)[nH]n3nc(C)nc23)n1.CSc1nsc(N=Nc2c(-c3ccccc3)[nH]n3nc(C(C)C)nc23)n1.CSc1nsc(N=Nc2c(C(C)(C)C)[nH]n3nc(C)nc23)n1.CSc1nsc(N=Nc2c(C)[nH]n3nc(C)nc23)n1. The first-order valence-corrected chi connectivity index (χ1v) is 35.7. The van der Waals surface area contributed by atoms with Gasteiger partial charge in [0.05, 0.1) is 29.4 Å². The van der Waals surface area contributed by atoms with Crippen LogP contribution in [0.5, 0.6) is 0 Å². The van der Waals surface area contributed by atoms with Gasteiger partial charge < -0.3 is 4.74 Å². The molecule has 13 aromatic rings. The minimum Gasteiger partial charge on any atom is -0.465 e. The Balaban J connectivity index is 0.000000137. The summed E-state index contributed by atoms with van der Waals surface area (Å²) in [6.45, 7) is 23.7. The second-order valence-corrected chi connectivity index (χ2v) is 27.0. The molecule has 0 radical (unpaired) electrons. The van der Waals surface area contributed by atoms with Gasteiger partial charge in [0.1, 0.15) is 22.7 Å². The van der Waals surface area contributed by atoms with Crippen LogP contribution in [0.4, 0.5) is 43.3 Å². The molecule has 0 aliphatic heterocycles. The molecule has 1 atom stereocenters. The molecule has 1 aromatic carbocycles. The highest BCUT2D eigenvalue weighted by atomic mass is 32.2. The fourth-order valence-electron chi connectivity index (χ4n) is 8.10. The first-order valence-electron chi connectivity index (χ1n) is 28.0. The van der Waals surface area contributed by atoms with Gasteiger partial charge in [-0.15, -0.1) is 61.3 Å². The number of fused-ring (bicyclic) bond motifs is 4. The zero-order chi connectivity index (χ0) is 66.1. The molecule has 93 heavy (non-hydrogen) atoms. The molecule has 484 valence electrons. The third kappa shape index (κ3) is 16.3. The molecule has 0 amide bonds. The highest BCUT2D eigenvalue weighted by Gasteiger charge is 2.26. The number of benzene rings is 1. The maximum absolute atomic E-state index is 11.9. The topological polar surface area (TPSA) is 412 Å². The number of ether oxygens (including phenoxy) is 1. The Hall–Kier alpha value is -8.55. The average molecular weight is 1410 g/mol. The van der Waals surface area contributed by atoms with Crippen molar-refractivity contribution in [1.29, 1.82) is 0 Å². The number of aromatic nitrogens is 24. The maximum Gasteiger partial charge on any atom is 0.319 e. The number of aromatic amines is 4. The van der Waals surface area contributed by atoms with Crippen molar-refractivity contribution in [2.45, 2.75) is 127 Å². The Bertz CT molecular complexity index is 4780. The zero-order valence-electron chi connectivity index (χ0n) is 52.6. The van der Waals surface area contributed by atoms with E-state index in [4.69, 9.17) is 4.74 Å². The summed E-state index contributed by atoms with van der Waals surface area (Å²) in [7, 11) is 0. The van der Waals surface area contributed by atoms with E-state index in [2.05, 4.69) is 174 Å². The number of nitrogens with zero attached hydrogens (tertiary/aromatic N) is 28. The number of carbonyl (C=O) groups excluding carboxylic acids is 1. The molecule has 42 heteroatoms. The minimum atomic E-state index is -0.333. The van der Waals surface area contributed by atoms with Gasteiger partial charge in [0, 0.05) is 63.0 Å². The van der Waals surface area contributed by atoms with E-state index in [1.54, 1.807) is 32.4 Å². The second kappa shape index (κ2) is 30.0. The van der Waals surface area contributed by atoms with Crippen LogP contribution in [0.25, 0.3) is 33.8 Å². The van der Waals surface area contributed by atoms with Crippen LogP contribution in [0, 0.1) is 34.6 Å². The van der Waals surface area contributed by atoms with E-state index in [9.17, 15) is 4.79 Å². The molecule has 13 rings (SSSR count). The maximum atomic E-state index is 11.9. The Morgan fingerprint density at radius 2 is 0.935 bits per heavy atom. The zero-order valence-corrected chi connectivity index (χ0v) is 59.1. The molecule has 0 saturated heterocycles. The molecule has 1 unspecified atom stereocenters. The highest BCUT2D eigenvalue weighted by molar-refractivity contribution is 8.00. The first-order chi connectivity index (χ1) is 44.7. The van der Waals surface area contributed by atoms with Gasteiger partial charge in [0.2, 0.25) is 63.7 Å². The van der Waals surface area contributed by atoms with E-state index in [0.29, 0.717) is 117 Å². The van der Waals surface area contributed by atoms with Crippen LogP contribution in [0.3, 0.4) is 0 Å². The summed E-state index contributed by atoms with van der Waals surface area (Å²) in [5.74, 6) is 2.73. The van der Waals surface area contributed by atoms with Gasteiger partial charge in [-0.3, -0.25) is 25.2 Å². The van der Waals surface area contributed by atoms with E-state index >= 15 is 0 Å². The smallest absolute Gasteiger partial charge is 0.319 e. The number of nitrogens with one attached hydrogen (secondary N) is 4. The minimum absolute atomic E-state index is 0.129. The van der Waals surface area contributed by atoms with Gasteiger partial charge in [-0.05, 0) is 66.7 Å². The quantitative estimate of drug-likeness (QED) is 0.0352. The Morgan fingerprint density at radius 1 is 0.527 bits per heavy atom. The van der Waals surface area contributed by atoms with Crippen molar-refractivity contribution >= 4 is 165 Å². The lowest BCUT2D eigenvalue weighted by Crippen LogP contribution is -2.19. The molecule has 0 aliphatic carbocycles. The van der Waals surface area contributed by atoms with E-state index in [-0.39, 0.29) is 22.6 Å². The summed E-state index contributed by atoms with van der Waals surface area (Å²) in [5, 5.41) is 67.9. The van der Waals surface area contributed by atoms with Gasteiger partial charge in [0.25, 0.3) is 0 Å². The molecular formula is C51H60N32O2S8. The van der Waals surface area contributed by atoms with Gasteiger partial charge in [-0.2, -0.15) is 56.0 Å². The van der Waals surface area contributed by atoms with Crippen molar-refractivity contribution in [2.24, 2.45) is 40.9 Å². The Morgan fingerprint density at radius 3 is 1.37 bits per heavy atom. The van der Waals surface area contributed by atoms with Gasteiger partial charge in [0.15, 0.2) is 28.6 Å². The number of rotatable bonds is 18. The largest absolute Gasteiger partial charge is 0.465 e. The fourth-order valence-corrected chi connectivity index (χ4v) is 12.7. The number of hydrogen-bond donors (Lipinski definition) is 4. The summed E-state index contributed by atoms with van der Waals surface area (Å²) >= 11 is 10.5. The van der Waals surface area contributed by atoms with Crippen LogP contribution in [0.1, 0.15) is 101 Å². The summed E-state index contributed by atoms with van der Waals surface area (Å²) in [5.41, 5.74) is 9.44. The number of H-pyrrole nitrogens is 4. The third-order valence-electron chi connectivity index (χ3n) is 12.3. The van der Waals surface area contributed by atoms with Crippen LogP contribution in [-0.4, -0.2) is 153 Å². The second-order valence-electron chi connectivity index (χ2n) is 20.6. The number of esters is 1. The van der Waals surface area contributed by atoms with E-state index in [1.807, 2.05) is 83.7 Å². The first kappa shape index (κ1) is 67.3. The van der Waals surface area contributed by atoms with Gasteiger partial charge in [-0.25, -0.2) is 19.9 Å².